The molecule has 0 saturated heterocycles. The van der Waals surface area contributed by atoms with E-state index in [4.69, 9.17) is 9.47 Å². The normalized spacial score (nSPS) is 11.1. The van der Waals surface area contributed by atoms with Crippen LogP contribution in [0.5, 0.6) is 0 Å². The summed E-state index contributed by atoms with van der Waals surface area (Å²) in [7, 11) is 0. The summed E-state index contributed by atoms with van der Waals surface area (Å²) < 4.78 is 12.9. The minimum atomic E-state index is -1.14. The van der Waals surface area contributed by atoms with Crippen LogP contribution in [0.3, 0.4) is 0 Å². The van der Waals surface area contributed by atoms with Crippen molar-refractivity contribution in [2.24, 2.45) is 5.41 Å². The van der Waals surface area contributed by atoms with Gasteiger partial charge in [-0.25, -0.2) is 0 Å². The summed E-state index contributed by atoms with van der Waals surface area (Å²) in [6, 6.07) is 10.5. The first-order valence-corrected chi connectivity index (χ1v) is 11.4. The van der Waals surface area contributed by atoms with Crippen LogP contribution in [0.25, 0.3) is 0 Å². The Balaban J connectivity index is 2.57. The molecule has 0 N–H and O–H groups in total. The number of hydrogen-bond acceptors (Lipinski definition) is 4. The van der Waals surface area contributed by atoms with Crippen LogP contribution in [-0.4, -0.2) is 46.1 Å². The van der Waals surface area contributed by atoms with Crippen molar-refractivity contribution >= 4 is 36.5 Å². The minimum absolute atomic E-state index is 0.190. The van der Waals surface area contributed by atoms with E-state index in [-0.39, 0.29) is 34.1 Å². The van der Waals surface area contributed by atoms with Gasteiger partial charge in [0, 0.05) is 0 Å². The quantitative estimate of drug-likeness (QED) is 0.226. The van der Waals surface area contributed by atoms with Gasteiger partial charge in [0.25, 0.3) is 0 Å². The van der Waals surface area contributed by atoms with Crippen molar-refractivity contribution in [3.8, 4) is 0 Å². The Bertz CT molecular complexity index is 483. The van der Waals surface area contributed by atoms with Crippen LogP contribution in [-0.2, 0) is 19.1 Å². The summed E-state index contributed by atoms with van der Waals surface area (Å²) in [5.41, 5.74) is -1.14. The molecule has 0 amide bonds. The van der Waals surface area contributed by atoms with E-state index in [1.54, 1.807) is 13.8 Å². The van der Waals surface area contributed by atoms with Gasteiger partial charge >= 0.3 is 155 Å². The molecule has 5 heteroatoms. The zero-order chi connectivity index (χ0) is 17.8. The van der Waals surface area contributed by atoms with E-state index in [1.807, 2.05) is 13.0 Å². The van der Waals surface area contributed by atoms with E-state index in [0.717, 1.165) is 12.8 Å². The molecular weight excluding hydrogens is 420 g/mol. The second-order valence-corrected chi connectivity index (χ2v) is 8.83. The molecule has 0 bridgehead atoms. The molecule has 0 unspecified atom stereocenters. The molecule has 134 valence electrons. The molecule has 0 heterocycles. The van der Waals surface area contributed by atoms with E-state index in [9.17, 15) is 9.59 Å². The maximum absolute atomic E-state index is 12.4. The number of esters is 2. The van der Waals surface area contributed by atoms with E-state index >= 15 is 0 Å². The van der Waals surface area contributed by atoms with Crippen molar-refractivity contribution in [2.45, 2.75) is 50.9 Å². The number of carbonyl (C=O) groups is 2. The Labute approximate surface area is 155 Å². The van der Waals surface area contributed by atoms with Crippen molar-refractivity contribution < 1.29 is 19.1 Å². The Morgan fingerprint density at radius 1 is 0.958 bits per heavy atom. The van der Waals surface area contributed by atoms with Gasteiger partial charge in [-0.1, -0.05) is 0 Å². The van der Waals surface area contributed by atoms with Crippen LogP contribution in [0.15, 0.2) is 30.3 Å². The summed E-state index contributed by atoms with van der Waals surface area (Å²) in [6.45, 7) is 5.93. The van der Waals surface area contributed by atoms with E-state index < -0.39 is 17.4 Å². The fourth-order valence-electron chi connectivity index (χ4n) is 2.53. The fraction of sp³-hybridized carbons (Fsp3) is 0.579. The Morgan fingerprint density at radius 2 is 1.54 bits per heavy atom. The van der Waals surface area contributed by atoms with Gasteiger partial charge in [0.1, 0.15) is 0 Å². The third-order valence-corrected chi connectivity index (χ3v) is 7.08. The summed E-state index contributed by atoms with van der Waals surface area (Å²) in [5.74, 6) is -0.879. The molecule has 4 nitrogen and oxygen atoms in total. The molecule has 1 aromatic carbocycles. The molecule has 0 aliphatic carbocycles. The van der Waals surface area contributed by atoms with Gasteiger partial charge in [-0.15, -0.1) is 0 Å². The number of benzene rings is 1. The first-order valence-electron chi connectivity index (χ1n) is 8.63. The van der Waals surface area contributed by atoms with Gasteiger partial charge in [0.05, 0.1) is 0 Å². The van der Waals surface area contributed by atoms with E-state index in [0.29, 0.717) is 12.8 Å². The predicted octanol–water partition coefficient (Wildman–Crippen LogP) is 3.13. The standard InChI is InChI=1S/C19H28O4Te/c1-4-19(17(20)22-5-2,18(21)23-6-3)14-10-11-15-24-16-12-8-7-9-13-16/h7-9,12-13H,4-6,10-11,14-15H2,1-3H3. The van der Waals surface area contributed by atoms with Gasteiger partial charge in [0.2, 0.25) is 0 Å². The molecule has 0 spiro atoms. The number of unbranched alkanes of at least 4 members (excludes halogenated alkanes) is 1. The van der Waals surface area contributed by atoms with Gasteiger partial charge in [0.15, 0.2) is 0 Å². The van der Waals surface area contributed by atoms with Crippen molar-refractivity contribution in [3.63, 3.8) is 0 Å². The van der Waals surface area contributed by atoms with E-state index in [1.165, 1.54) is 8.08 Å². The third kappa shape index (κ3) is 6.11. The van der Waals surface area contributed by atoms with Crippen molar-refractivity contribution in [1.82, 2.24) is 0 Å². The number of ether oxygens (including phenoxy) is 2. The zero-order valence-corrected chi connectivity index (χ0v) is 17.2. The molecular formula is C19H28O4Te. The molecule has 0 saturated carbocycles. The summed E-state index contributed by atoms with van der Waals surface area (Å²) >= 11 is -0.190. The zero-order valence-electron chi connectivity index (χ0n) is 14.9. The van der Waals surface area contributed by atoms with Crippen LogP contribution < -0.4 is 3.61 Å². The summed E-state index contributed by atoms with van der Waals surface area (Å²) in [6.07, 6.45) is 2.78. The molecule has 0 radical (unpaired) electrons. The molecule has 1 rings (SSSR count). The molecule has 0 atom stereocenters. The monoisotopic (exact) mass is 450 g/mol. The first-order chi connectivity index (χ1) is 11.6. The number of carbonyl (C=O) groups excluding carboxylic acids is 2. The Hall–Kier alpha value is -1.05. The number of rotatable bonds is 11. The predicted molar refractivity (Wildman–Crippen MR) is 96.5 cm³/mol. The van der Waals surface area contributed by atoms with Crippen LogP contribution in [0.4, 0.5) is 0 Å². The summed E-state index contributed by atoms with van der Waals surface area (Å²) in [5, 5.41) is 0. The molecule has 0 aliphatic heterocycles. The molecule has 0 aliphatic rings. The average Bonchev–Trinajstić information content (AvgIpc) is 2.59. The second kappa shape index (κ2) is 11.5. The van der Waals surface area contributed by atoms with E-state index in [2.05, 4.69) is 24.3 Å². The second-order valence-electron chi connectivity index (χ2n) is 5.50. The van der Waals surface area contributed by atoms with Crippen LogP contribution in [0, 0.1) is 5.41 Å². The summed E-state index contributed by atoms with van der Waals surface area (Å²) in [4.78, 5) is 24.8. The first kappa shape index (κ1) is 21.0. The van der Waals surface area contributed by atoms with Crippen LogP contribution in [0.1, 0.15) is 46.5 Å². The van der Waals surface area contributed by atoms with Crippen molar-refractivity contribution in [1.29, 1.82) is 0 Å². The third-order valence-electron chi connectivity index (χ3n) is 3.95. The Morgan fingerprint density at radius 3 is 2.04 bits per heavy atom. The molecule has 0 aromatic heterocycles. The van der Waals surface area contributed by atoms with Gasteiger partial charge < -0.3 is 0 Å². The molecule has 24 heavy (non-hydrogen) atoms. The van der Waals surface area contributed by atoms with Crippen molar-refractivity contribution in [3.05, 3.63) is 30.3 Å². The number of hydrogen-bond donors (Lipinski definition) is 0. The van der Waals surface area contributed by atoms with Crippen molar-refractivity contribution in [2.75, 3.05) is 13.2 Å². The van der Waals surface area contributed by atoms with Crippen LogP contribution in [0.2, 0.25) is 4.47 Å². The molecule has 0 fully saturated rings. The fourth-order valence-corrected chi connectivity index (χ4v) is 5.19. The van der Waals surface area contributed by atoms with Gasteiger partial charge in [-0.05, 0) is 0 Å². The average molecular weight is 448 g/mol. The maximum atomic E-state index is 12.4. The van der Waals surface area contributed by atoms with Gasteiger partial charge in [-0.3, -0.25) is 0 Å². The Kier molecular flexibility index (Phi) is 10.1. The van der Waals surface area contributed by atoms with Crippen LogP contribution >= 0.6 is 0 Å². The van der Waals surface area contributed by atoms with Gasteiger partial charge in [-0.2, -0.15) is 0 Å². The molecule has 1 aromatic rings. The topological polar surface area (TPSA) is 52.6 Å². The SMILES string of the molecule is CCOC(=O)C(CC)(CCCC[Te]c1ccccc1)C(=O)OCC.